The lowest BCUT2D eigenvalue weighted by molar-refractivity contribution is 0.0291. The lowest BCUT2D eigenvalue weighted by Gasteiger charge is -2.46. The predicted molar refractivity (Wildman–Crippen MR) is 122 cm³/mol. The Balaban J connectivity index is 1.21. The molecule has 0 spiro atoms. The molecule has 0 radical (unpaired) electrons. The number of piperidine rings is 2. The van der Waals surface area contributed by atoms with Crippen LogP contribution in [0.4, 0.5) is 0 Å². The molecule has 0 aliphatic carbocycles. The molecule has 2 aromatic heterocycles. The van der Waals surface area contributed by atoms with Gasteiger partial charge in [0.05, 0.1) is 11.0 Å². The van der Waals surface area contributed by atoms with Crippen LogP contribution in [0.5, 0.6) is 0 Å². The molecule has 2 fully saturated rings. The predicted octanol–water partition coefficient (Wildman–Crippen LogP) is 3.23. The van der Waals surface area contributed by atoms with Gasteiger partial charge in [-0.2, -0.15) is 0 Å². The number of nitrogens with zero attached hydrogens (tertiary/aromatic N) is 5. The van der Waals surface area contributed by atoms with Crippen LogP contribution < -0.4 is 5.69 Å². The molecule has 2 aliphatic rings. The molecule has 3 atom stereocenters. The average Bonchev–Trinajstić information content (AvgIpc) is 3.15. The fourth-order valence-corrected chi connectivity index (χ4v) is 5.71. The Morgan fingerprint density at radius 2 is 1.81 bits per heavy atom. The number of hydrogen-bond acceptors (Lipinski definition) is 5. The molecule has 7 nitrogen and oxygen atoms in total. The van der Waals surface area contributed by atoms with Crippen molar-refractivity contribution in [1.82, 2.24) is 29.3 Å². The molecule has 31 heavy (non-hydrogen) atoms. The second-order valence-corrected chi connectivity index (χ2v) is 9.26. The van der Waals surface area contributed by atoms with Gasteiger partial charge in [-0.25, -0.2) is 14.8 Å². The molecule has 1 aromatic carbocycles. The molecule has 1 N–H and O–H groups in total. The van der Waals surface area contributed by atoms with Crippen molar-refractivity contribution in [3.8, 4) is 0 Å². The van der Waals surface area contributed by atoms with E-state index in [0.29, 0.717) is 18.0 Å². The van der Waals surface area contributed by atoms with Crippen molar-refractivity contribution in [2.45, 2.75) is 51.2 Å². The standard InChI is InChI=1S/C24H32N6O/c1-17-15-29(18(2)19-13-25-16-26-14-19)12-9-22(17)28-10-7-20(8-11-28)30-23-6-4-3-5-21(23)27-24(30)31/h3-6,13-14,16-18,20,22H,7-12,15H2,1-2H3,(H,27,31)/t17-,18+,22+/m0/s1. The number of hydrogen-bond donors (Lipinski definition) is 1. The van der Waals surface area contributed by atoms with Crippen LogP contribution in [0.15, 0.2) is 47.8 Å². The highest BCUT2D eigenvalue weighted by atomic mass is 16.1. The summed E-state index contributed by atoms with van der Waals surface area (Å²) in [6.45, 7) is 8.98. The molecule has 0 unspecified atom stereocenters. The van der Waals surface area contributed by atoms with Gasteiger partial charge in [0.25, 0.3) is 0 Å². The van der Waals surface area contributed by atoms with Crippen LogP contribution in [0, 0.1) is 5.92 Å². The van der Waals surface area contributed by atoms with E-state index in [2.05, 4.69) is 44.7 Å². The average molecular weight is 421 g/mol. The fourth-order valence-electron chi connectivity index (χ4n) is 5.71. The van der Waals surface area contributed by atoms with Gasteiger partial charge in [-0.15, -0.1) is 0 Å². The summed E-state index contributed by atoms with van der Waals surface area (Å²) in [7, 11) is 0. The third-order valence-corrected chi connectivity index (χ3v) is 7.46. The number of likely N-dealkylation sites (tertiary alicyclic amines) is 2. The minimum Gasteiger partial charge on any atom is -0.306 e. The van der Waals surface area contributed by atoms with Crippen molar-refractivity contribution < 1.29 is 0 Å². The van der Waals surface area contributed by atoms with Crippen LogP contribution >= 0.6 is 0 Å². The van der Waals surface area contributed by atoms with Crippen molar-refractivity contribution >= 4 is 11.0 Å². The highest BCUT2D eigenvalue weighted by Crippen LogP contribution is 2.32. The molecule has 3 aromatic rings. The van der Waals surface area contributed by atoms with Crippen molar-refractivity contribution in [1.29, 1.82) is 0 Å². The summed E-state index contributed by atoms with van der Waals surface area (Å²) in [5.41, 5.74) is 3.19. The van der Waals surface area contributed by atoms with Crippen molar-refractivity contribution in [2.75, 3.05) is 26.2 Å². The first-order chi connectivity index (χ1) is 15.1. The maximum Gasteiger partial charge on any atom is 0.326 e. The Morgan fingerprint density at radius 1 is 1.06 bits per heavy atom. The van der Waals surface area contributed by atoms with Crippen LogP contribution in [0.25, 0.3) is 11.0 Å². The molecule has 2 aliphatic heterocycles. The van der Waals surface area contributed by atoms with Crippen molar-refractivity contribution in [2.24, 2.45) is 5.92 Å². The van der Waals surface area contributed by atoms with E-state index in [4.69, 9.17) is 0 Å². The van der Waals surface area contributed by atoms with Crippen LogP contribution in [0.2, 0.25) is 0 Å². The van der Waals surface area contributed by atoms with Crippen molar-refractivity contribution in [3.05, 3.63) is 59.0 Å². The number of fused-ring (bicyclic) bond motifs is 1. The maximum absolute atomic E-state index is 12.6. The normalized spacial score (nSPS) is 25.1. The summed E-state index contributed by atoms with van der Waals surface area (Å²) in [6.07, 6.45) is 8.73. The Hall–Kier alpha value is -2.51. The minimum absolute atomic E-state index is 0.0280. The zero-order chi connectivity index (χ0) is 21.4. The fraction of sp³-hybridized carbons (Fsp3) is 0.542. The number of para-hydroxylation sites is 2. The number of nitrogens with one attached hydrogen (secondary N) is 1. The van der Waals surface area contributed by atoms with Gasteiger partial charge >= 0.3 is 5.69 Å². The van der Waals surface area contributed by atoms with Gasteiger partial charge in [-0.1, -0.05) is 19.1 Å². The number of aromatic nitrogens is 4. The summed E-state index contributed by atoms with van der Waals surface area (Å²) in [5, 5.41) is 0. The third-order valence-electron chi connectivity index (χ3n) is 7.46. The number of H-pyrrole nitrogens is 1. The summed E-state index contributed by atoms with van der Waals surface area (Å²) in [6, 6.07) is 9.29. The second-order valence-electron chi connectivity index (χ2n) is 9.26. The molecular formula is C24H32N6O. The Morgan fingerprint density at radius 3 is 2.55 bits per heavy atom. The van der Waals surface area contributed by atoms with E-state index in [1.807, 2.05) is 35.2 Å². The van der Waals surface area contributed by atoms with E-state index in [9.17, 15) is 4.79 Å². The zero-order valence-corrected chi connectivity index (χ0v) is 18.4. The first-order valence-electron chi connectivity index (χ1n) is 11.5. The molecular weight excluding hydrogens is 388 g/mol. The Labute approximate surface area is 183 Å². The summed E-state index contributed by atoms with van der Waals surface area (Å²) < 4.78 is 1.99. The molecule has 0 bridgehead atoms. The summed E-state index contributed by atoms with van der Waals surface area (Å²) in [5.74, 6) is 0.619. The third kappa shape index (κ3) is 3.92. The van der Waals surface area contributed by atoms with Gasteiger partial charge in [-0.05, 0) is 44.2 Å². The quantitative estimate of drug-likeness (QED) is 0.702. The minimum atomic E-state index is 0.0280. The zero-order valence-electron chi connectivity index (χ0n) is 18.4. The van der Waals surface area contributed by atoms with Crippen molar-refractivity contribution in [3.63, 3.8) is 0 Å². The molecule has 4 heterocycles. The van der Waals surface area contributed by atoms with Crippen LogP contribution in [0.3, 0.4) is 0 Å². The van der Waals surface area contributed by atoms with E-state index in [-0.39, 0.29) is 11.7 Å². The molecule has 164 valence electrons. The lowest BCUT2D eigenvalue weighted by atomic mass is 9.89. The molecule has 5 rings (SSSR count). The number of benzene rings is 1. The maximum atomic E-state index is 12.6. The number of rotatable bonds is 4. The monoisotopic (exact) mass is 420 g/mol. The summed E-state index contributed by atoms with van der Waals surface area (Å²) in [4.78, 5) is 29.2. The van der Waals surface area contributed by atoms with Crippen LogP contribution in [-0.4, -0.2) is 61.5 Å². The van der Waals surface area contributed by atoms with Gasteiger partial charge in [0.1, 0.15) is 6.33 Å². The summed E-state index contributed by atoms with van der Waals surface area (Å²) >= 11 is 0. The van der Waals surface area contributed by atoms with E-state index in [1.54, 1.807) is 6.33 Å². The Bertz CT molecular complexity index is 1070. The highest BCUT2D eigenvalue weighted by molar-refractivity contribution is 5.75. The van der Waals surface area contributed by atoms with E-state index in [0.717, 1.165) is 50.1 Å². The van der Waals surface area contributed by atoms with Gasteiger partial charge < -0.3 is 4.98 Å². The van der Waals surface area contributed by atoms with Gasteiger partial charge in [0.2, 0.25) is 0 Å². The first kappa shape index (κ1) is 20.4. The van der Waals surface area contributed by atoms with E-state index >= 15 is 0 Å². The number of imidazole rings is 1. The van der Waals surface area contributed by atoms with Gasteiger partial charge in [0.15, 0.2) is 0 Å². The number of aromatic amines is 1. The molecule has 2 saturated heterocycles. The van der Waals surface area contributed by atoms with E-state index < -0.39 is 0 Å². The lowest BCUT2D eigenvalue weighted by Crippen LogP contribution is -2.52. The van der Waals surface area contributed by atoms with Crippen LogP contribution in [-0.2, 0) is 0 Å². The van der Waals surface area contributed by atoms with Gasteiger partial charge in [-0.3, -0.25) is 14.4 Å². The molecule has 7 heteroatoms. The second kappa shape index (κ2) is 8.55. The SMILES string of the molecule is C[C@H](c1cncnc1)N1CC[C@@H](N2CCC(n3c(=O)[nH]c4ccccc43)CC2)[C@@H](C)C1. The molecule has 0 amide bonds. The smallest absolute Gasteiger partial charge is 0.306 e. The highest BCUT2D eigenvalue weighted by Gasteiger charge is 2.35. The first-order valence-corrected chi connectivity index (χ1v) is 11.5. The van der Waals surface area contributed by atoms with Gasteiger partial charge in [0, 0.05) is 62.3 Å². The molecule has 0 saturated carbocycles. The largest absolute Gasteiger partial charge is 0.326 e. The van der Waals surface area contributed by atoms with Crippen LogP contribution in [0.1, 0.15) is 50.8 Å². The topological polar surface area (TPSA) is 70.1 Å². The Kier molecular flexibility index (Phi) is 5.63. The van der Waals surface area contributed by atoms with E-state index in [1.165, 1.54) is 12.0 Å².